The first-order chi connectivity index (χ1) is 13.2. The highest BCUT2D eigenvalue weighted by Crippen LogP contribution is 2.34. The van der Waals surface area contributed by atoms with Crippen LogP contribution in [0.2, 0.25) is 0 Å². The molecule has 0 radical (unpaired) electrons. The highest BCUT2D eigenvalue weighted by molar-refractivity contribution is 5.99. The fourth-order valence-electron chi connectivity index (χ4n) is 1.89. The Labute approximate surface area is 153 Å². The number of non-ortho nitro benzene ring substituents is 1. The van der Waals surface area contributed by atoms with Gasteiger partial charge in [0.15, 0.2) is 0 Å². The van der Waals surface area contributed by atoms with Gasteiger partial charge in [-0.1, -0.05) is 0 Å². The van der Waals surface area contributed by atoms with Crippen LogP contribution in [0.3, 0.4) is 0 Å². The van der Waals surface area contributed by atoms with Crippen molar-refractivity contribution >= 4 is 35.5 Å². The van der Waals surface area contributed by atoms with Crippen molar-refractivity contribution in [1.29, 1.82) is 0 Å². The van der Waals surface area contributed by atoms with Crippen molar-refractivity contribution in [2.45, 2.75) is 0 Å². The molecule has 28 heavy (non-hydrogen) atoms. The van der Waals surface area contributed by atoms with E-state index in [9.17, 15) is 40.2 Å². The molecule has 14 nitrogen and oxygen atoms in total. The number of aromatic hydroxyl groups is 1. The van der Waals surface area contributed by atoms with Gasteiger partial charge in [-0.25, -0.2) is 5.43 Å². The molecular formula is C14H9N5O9. The number of nitrogens with zero attached hydrogens (tertiary/aromatic N) is 4. The van der Waals surface area contributed by atoms with Gasteiger partial charge in [-0.05, 0) is 18.2 Å². The minimum absolute atomic E-state index is 0.136. The largest absolute Gasteiger partial charge is 0.502 e. The number of benzene rings is 1. The second kappa shape index (κ2) is 8.17. The Bertz CT molecular complexity index is 1020. The van der Waals surface area contributed by atoms with Crippen LogP contribution in [0.1, 0.15) is 16.1 Å². The molecule has 1 heterocycles. The predicted molar refractivity (Wildman–Crippen MR) is 91.8 cm³/mol. The van der Waals surface area contributed by atoms with Crippen LogP contribution in [0.25, 0.3) is 6.08 Å². The van der Waals surface area contributed by atoms with Crippen LogP contribution in [0.5, 0.6) is 5.75 Å². The van der Waals surface area contributed by atoms with Gasteiger partial charge >= 0.3 is 11.6 Å². The maximum absolute atomic E-state index is 12.0. The first-order valence-corrected chi connectivity index (χ1v) is 7.10. The number of nitro benzene ring substituents is 2. The van der Waals surface area contributed by atoms with Crippen LogP contribution in [0.15, 0.2) is 39.9 Å². The first kappa shape index (κ1) is 19.7. The van der Waals surface area contributed by atoms with E-state index in [4.69, 9.17) is 4.42 Å². The van der Waals surface area contributed by atoms with Crippen LogP contribution in [0, 0.1) is 30.3 Å². The van der Waals surface area contributed by atoms with E-state index in [0.717, 1.165) is 12.3 Å². The van der Waals surface area contributed by atoms with Crippen LogP contribution < -0.4 is 5.43 Å². The van der Waals surface area contributed by atoms with Crippen LogP contribution in [-0.2, 0) is 0 Å². The smallest absolute Gasteiger partial charge is 0.433 e. The Morgan fingerprint density at radius 3 is 2.39 bits per heavy atom. The summed E-state index contributed by atoms with van der Waals surface area (Å²) in [5.41, 5.74) is -0.579. The van der Waals surface area contributed by atoms with Gasteiger partial charge in [0.05, 0.1) is 27.5 Å². The molecule has 0 spiro atoms. The average Bonchev–Trinajstić information content (AvgIpc) is 3.10. The summed E-state index contributed by atoms with van der Waals surface area (Å²) in [5, 5.41) is 45.4. The molecule has 0 atom stereocenters. The molecule has 1 amide bonds. The van der Waals surface area contributed by atoms with E-state index in [1.807, 2.05) is 5.43 Å². The summed E-state index contributed by atoms with van der Waals surface area (Å²) in [6.45, 7) is 0. The Balaban J connectivity index is 2.12. The van der Waals surface area contributed by atoms with Gasteiger partial charge in [0.1, 0.15) is 10.7 Å². The molecule has 144 valence electrons. The number of furan rings is 1. The van der Waals surface area contributed by atoms with E-state index in [0.29, 0.717) is 12.1 Å². The number of carbonyl (C=O) groups excluding carboxylic acids is 1. The SMILES string of the molecule is O=C(N/N=C\C=C\c1ccc([N+](=O)[O-])o1)c1cc([N+](=O)[O-])cc([N+](=O)[O-])c1O. The van der Waals surface area contributed by atoms with Crippen molar-refractivity contribution in [2.24, 2.45) is 5.10 Å². The van der Waals surface area contributed by atoms with E-state index in [2.05, 4.69) is 5.10 Å². The quantitative estimate of drug-likeness (QED) is 0.402. The fraction of sp³-hybridized carbons (Fsp3) is 0. The molecule has 0 bridgehead atoms. The Kier molecular flexibility index (Phi) is 5.75. The number of carbonyl (C=O) groups is 1. The summed E-state index contributed by atoms with van der Waals surface area (Å²) in [4.78, 5) is 41.4. The Morgan fingerprint density at radius 1 is 1.11 bits per heavy atom. The number of hydrogen-bond acceptors (Lipinski definition) is 10. The monoisotopic (exact) mass is 391 g/mol. The highest BCUT2D eigenvalue weighted by Gasteiger charge is 2.27. The van der Waals surface area contributed by atoms with Crippen molar-refractivity contribution in [3.05, 3.63) is 72.0 Å². The number of nitro groups is 3. The molecule has 0 fully saturated rings. The van der Waals surface area contributed by atoms with Gasteiger partial charge in [0, 0.05) is 12.3 Å². The molecular weight excluding hydrogens is 382 g/mol. The molecule has 0 saturated heterocycles. The van der Waals surface area contributed by atoms with Gasteiger partial charge < -0.3 is 9.52 Å². The zero-order chi connectivity index (χ0) is 20.8. The van der Waals surface area contributed by atoms with Crippen LogP contribution in [0.4, 0.5) is 17.3 Å². The van der Waals surface area contributed by atoms with E-state index >= 15 is 0 Å². The second-order valence-corrected chi connectivity index (χ2v) is 4.89. The van der Waals surface area contributed by atoms with Crippen LogP contribution >= 0.6 is 0 Å². The summed E-state index contributed by atoms with van der Waals surface area (Å²) in [6, 6.07) is 3.63. The number of hydrogen-bond donors (Lipinski definition) is 2. The minimum atomic E-state index is -1.14. The van der Waals surface area contributed by atoms with Gasteiger partial charge in [-0.2, -0.15) is 5.10 Å². The van der Waals surface area contributed by atoms with E-state index < -0.39 is 49.2 Å². The van der Waals surface area contributed by atoms with Gasteiger partial charge in [-0.15, -0.1) is 0 Å². The lowest BCUT2D eigenvalue weighted by atomic mass is 10.1. The molecule has 2 N–H and O–H groups in total. The van der Waals surface area contributed by atoms with E-state index in [1.54, 1.807) is 0 Å². The summed E-state index contributed by atoms with van der Waals surface area (Å²) in [7, 11) is 0. The molecule has 0 saturated carbocycles. The van der Waals surface area contributed by atoms with Gasteiger partial charge in [0.2, 0.25) is 5.75 Å². The third-order valence-electron chi connectivity index (χ3n) is 3.11. The van der Waals surface area contributed by atoms with Crippen molar-refractivity contribution < 1.29 is 29.1 Å². The minimum Gasteiger partial charge on any atom is -0.502 e. The van der Waals surface area contributed by atoms with Gasteiger partial charge in [-0.3, -0.25) is 35.1 Å². The lowest BCUT2D eigenvalue weighted by molar-refractivity contribution is -0.402. The third-order valence-corrected chi connectivity index (χ3v) is 3.11. The Morgan fingerprint density at radius 2 is 1.82 bits per heavy atom. The molecule has 1 aromatic carbocycles. The summed E-state index contributed by atoms with van der Waals surface area (Å²) in [6.07, 6.45) is 3.58. The predicted octanol–water partition coefficient (Wildman–Crippen LogP) is 2.14. The zero-order valence-electron chi connectivity index (χ0n) is 13.5. The topological polar surface area (TPSA) is 204 Å². The molecule has 1 aromatic heterocycles. The lowest BCUT2D eigenvalue weighted by Gasteiger charge is -2.03. The maximum atomic E-state index is 12.0. The maximum Gasteiger partial charge on any atom is 0.433 e. The zero-order valence-corrected chi connectivity index (χ0v) is 13.5. The van der Waals surface area contributed by atoms with Crippen molar-refractivity contribution in [3.63, 3.8) is 0 Å². The van der Waals surface area contributed by atoms with Crippen molar-refractivity contribution in [3.8, 4) is 5.75 Å². The molecule has 0 aliphatic heterocycles. The number of hydrazone groups is 1. The molecule has 2 rings (SSSR count). The molecule has 2 aromatic rings. The average molecular weight is 391 g/mol. The highest BCUT2D eigenvalue weighted by atomic mass is 16.7. The number of phenols is 1. The number of rotatable bonds is 7. The third kappa shape index (κ3) is 4.51. The molecule has 0 aliphatic carbocycles. The number of phenolic OH excluding ortho intramolecular Hbond substituents is 1. The summed E-state index contributed by atoms with van der Waals surface area (Å²) < 4.78 is 4.83. The fourth-order valence-corrected chi connectivity index (χ4v) is 1.89. The number of amides is 1. The van der Waals surface area contributed by atoms with Crippen molar-refractivity contribution in [2.75, 3.05) is 0 Å². The number of nitrogens with one attached hydrogen (secondary N) is 1. The second-order valence-electron chi connectivity index (χ2n) is 4.89. The standard InChI is InChI=1S/C14H9N5O9/c20-13-10(6-8(17(22)23)7-11(13)18(24)25)14(21)16-15-5-1-2-9-3-4-12(28-9)19(26)27/h1-7,20H,(H,16,21)/b2-1+,15-5-. The molecule has 0 unspecified atom stereocenters. The lowest BCUT2D eigenvalue weighted by Crippen LogP contribution is -2.18. The first-order valence-electron chi connectivity index (χ1n) is 7.10. The molecule has 0 aliphatic rings. The van der Waals surface area contributed by atoms with Gasteiger partial charge in [0.25, 0.3) is 11.6 Å². The van der Waals surface area contributed by atoms with E-state index in [-0.39, 0.29) is 5.76 Å². The van der Waals surface area contributed by atoms with E-state index in [1.165, 1.54) is 18.2 Å². The normalized spacial score (nSPS) is 11.0. The van der Waals surface area contributed by atoms with Crippen molar-refractivity contribution in [1.82, 2.24) is 5.43 Å². The summed E-state index contributed by atoms with van der Waals surface area (Å²) >= 11 is 0. The summed E-state index contributed by atoms with van der Waals surface area (Å²) in [5.74, 6) is -2.52. The Hall–Kier alpha value is -4.62. The van der Waals surface area contributed by atoms with Crippen LogP contribution in [-0.4, -0.2) is 32.0 Å². The molecule has 14 heteroatoms. The number of allylic oxidation sites excluding steroid dienone is 1.